The van der Waals surface area contributed by atoms with Gasteiger partial charge in [-0.05, 0) is 30.4 Å². The molecule has 5 nitrogen and oxygen atoms in total. The van der Waals surface area contributed by atoms with Crippen molar-refractivity contribution in [3.63, 3.8) is 0 Å². The molecule has 0 saturated carbocycles. The first-order chi connectivity index (χ1) is 11.4. The molecular formula is C16H19F3N2O3. The molecule has 2 N–H and O–H groups in total. The normalized spacial score (nSPS) is 15.8. The Hall–Kier alpha value is -2.09. The van der Waals surface area contributed by atoms with Crippen LogP contribution in [0.1, 0.15) is 24.8 Å². The van der Waals surface area contributed by atoms with Gasteiger partial charge in [-0.1, -0.05) is 18.2 Å². The third kappa shape index (κ3) is 5.52. The zero-order valence-electron chi connectivity index (χ0n) is 13.0. The zero-order valence-corrected chi connectivity index (χ0v) is 13.0. The average Bonchev–Trinajstić information content (AvgIpc) is 2.53. The number of ether oxygens (including phenoxy) is 1. The second-order valence-electron chi connectivity index (χ2n) is 5.65. The molecule has 132 valence electrons. The van der Waals surface area contributed by atoms with Crippen molar-refractivity contribution in [3.8, 4) is 0 Å². The highest BCUT2D eigenvalue weighted by atomic mass is 19.4. The molecule has 1 fully saturated rings. The number of anilines is 1. The van der Waals surface area contributed by atoms with Crippen LogP contribution in [0.2, 0.25) is 0 Å². The van der Waals surface area contributed by atoms with Crippen molar-refractivity contribution in [3.05, 3.63) is 29.8 Å². The number of alkyl halides is 3. The van der Waals surface area contributed by atoms with Gasteiger partial charge in [-0.2, -0.15) is 13.2 Å². The summed E-state index contributed by atoms with van der Waals surface area (Å²) in [6.07, 6.45) is -2.96. The molecule has 1 aliphatic rings. The van der Waals surface area contributed by atoms with E-state index in [1.807, 2.05) is 0 Å². The molecule has 0 unspecified atom stereocenters. The number of hydrogen-bond acceptors (Lipinski definition) is 3. The van der Waals surface area contributed by atoms with Gasteiger partial charge in [0.2, 0.25) is 5.91 Å². The van der Waals surface area contributed by atoms with E-state index in [0.717, 1.165) is 12.8 Å². The van der Waals surface area contributed by atoms with Crippen LogP contribution >= 0.6 is 0 Å². The van der Waals surface area contributed by atoms with E-state index in [1.54, 1.807) is 29.6 Å². The summed E-state index contributed by atoms with van der Waals surface area (Å²) in [7, 11) is 0. The molecule has 0 atom stereocenters. The number of nitrogens with one attached hydrogen (secondary N) is 2. The second-order valence-corrected chi connectivity index (χ2v) is 5.65. The number of rotatable bonds is 5. The number of carbonyl (C=O) groups is 2. The Morgan fingerprint density at radius 3 is 2.50 bits per heavy atom. The van der Waals surface area contributed by atoms with Crippen LogP contribution in [-0.4, -0.2) is 31.2 Å². The van der Waals surface area contributed by atoms with Crippen LogP contribution in [0, 0.1) is 5.92 Å². The Morgan fingerprint density at radius 2 is 1.83 bits per heavy atom. The van der Waals surface area contributed by atoms with Crippen molar-refractivity contribution >= 4 is 17.5 Å². The maximum atomic E-state index is 12.2. The van der Waals surface area contributed by atoms with Crippen LogP contribution < -0.4 is 10.6 Å². The van der Waals surface area contributed by atoms with E-state index in [2.05, 4.69) is 5.32 Å². The van der Waals surface area contributed by atoms with Crippen molar-refractivity contribution in [1.29, 1.82) is 0 Å². The first-order valence-electron chi connectivity index (χ1n) is 7.67. The van der Waals surface area contributed by atoms with Gasteiger partial charge in [-0.3, -0.25) is 9.59 Å². The minimum atomic E-state index is -4.93. The fourth-order valence-electron chi connectivity index (χ4n) is 2.49. The molecule has 2 rings (SSSR count). The van der Waals surface area contributed by atoms with E-state index in [0.29, 0.717) is 30.9 Å². The minimum Gasteiger partial charge on any atom is -0.381 e. The maximum Gasteiger partial charge on any atom is 0.471 e. The molecule has 1 aromatic carbocycles. The van der Waals surface area contributed by atoms with Crippen molar-refractivity contribution in [2.45, 2.75) is 32.0 Å². The topological polar surface area (TPSA) is 67.4 Å². The van der Waals surface area contributed by atoms with Crippen molar-refractivity contribution in [2.24, 2.45) is 5.92 Å². The molecule has 1 aliphatic heterocycles. The zero-order chi connectivity index (χ0) is 17.6. The maximum absolute atomic E-state index is 12.2. The lowest BCUT2D eigenvalue weighted by Crippen LogP contribution is -2.36. The third-order valence-corrected chi connectivity index (χ3v) is 3.80. The molecule has 0 bridgehead atoms. The molecule has 24 heavy (non-hydrogen) atoms. The van der Waals surface area contributed by atoms with Gasteiger partial charge in [0, 0.05) is 31.9 Å². The van der Waals surface area contributed by atoms with Crippen molar-refractivity contribution in [1.82, 2.24) is 5.32 Å². The van der Waals surface area contributed by atoms with Crippen LogP contribution in [0.4, 0.5) is 18.9 Å². The van der Waals surface area contributed by atoms with E-state index in [9.17, 15) is 22.8 Å². The van der Waals surface area contributed by atoms with Crippen LogP contribution in [0.3, 0.4) is 0 Å². The number of amides is 2. The smallest absolute Gasteiger partial charge is 0.381 e. The SMILES string of the molecule is O=C(CC1CCOCC1)Nc1ccccc1CNC(=O)C(F)(F)F. The Kier molecular flexibility index (Phi) is 6.19. The van der Waals surface area contributed by atoms with Gasteiger partial charge in [0.05, 0.1) is 0 Å². The van der Waals surface area contributed by atoms with Gasteiger partial charge < -0.3 is 15.4 Å². The van der Waals surface area contributed by atoms with E-state index in [1.165, 1.54) is 0 Å². The molecule has 2 amide bonds. The number of carbonyl (C=O) groups excluding carboxylic acids is 2. The molecule has 0 radical (unpaired) electrons. The largest absolute Gasteiger partial charge is 0.471 e. The molecule has 0 spiro atoms. The second kappa shape index (κ2) is 8.14. The highest BCUT2D eigenvalue weighted by Crippen LogP contribution is 2.21. The summed E-state index contributed by atoms with van der Waals surface area (Å²) >= 11 is 0. The fraction of sp³-hybridized carbons (Fsp3) is 0.500. The minimum absolute atomic E-state index is 0.198. The van der Waals surface area contributed by atoms with Crippen LogP contribution in [0.15, 0.2) is 24.3 Å². The summed E-state index contributed by atoms with van der Waals surface area (Å²) < 4.78 is 41.9. The number of para-hydroxylation sites is 1. The molecule has 1 aromatic rings. The summed E-state index contributed by atoms with van der Waals surface area (Å²) in [5, 5.41) is 4.51. The first kappa shape index (κ1) is 18.3. The van der Waals surface area contributed by atoms with E-state index >= 15 is 0 Å². The summed E-state index contributed by atoms with van der Waals surface area (Å²) in [4.78, 5) is 23.0. The lowest BCUT2D eigenvalue weighted by molar-refractivity contribution is -0.173. The van der Waals surface area contributed by atoms with Crippen LogP contribution in [0.5, 0.6) is 0 Å². The molecule has 0 aromatic heterocycles. The van der Waals surface area contributed by atoms with Gasteiger partial charge in [-0.15, -0.1) is 0 Å². The van der Waals surface area contributed by atoms with Gasteiger partial charge in [0.1, 0.15) is 0 Å². The van der Waals surface area contributed by atoms with Crippen LogP contribution in [-0.2, 0) is 20.9 Å². The average molecular weight is 344 g/mol. The van der Waals surface area contributed by atoms with Gasteiger partial charge in [0.25, 0.3) is 0 Å². The monoisotopic (exact) mass is 344 g/mol. The molecular weight excluding hydrogens is 325 g/mol. The van der Waals surface area contributed by atoms with Crippen molar-refractivity contribution < 1.29 is 27.5 Å². The standard InChI is InChI=1S/C16H19F3N2O3/c17-16(18,19)15(23)20-10-12-3-1-2-4-13(12)21-14(22)9-11-5-7-24-8-6-11/h1-4,11H,5-10H2,(H,20,23)(H,21,22). The van der Waals surface area contributed by atoms with Gasteiger partial charge in [0.15, 0.2) is 0 Å². The quantitative estimate of drug-likeness (QED) is 0.863. The lowest BCUT2D eigenvalue weighted by Gasteiger charge is -2.21. The molecule has 1 heterocycles. The summed E-state index contributed by atoms with van der Waals surface area (Å²) in [6.45, 7) is 0.960. The summed E-state index contributed by atoms with van der Waals surface area (Å²) in [5.74, 6) is -1.96. The number of hydrogen-bond donors (Lipinski definition) is 2. The fourth-order valence-corrected chi connectivity index (χ4v) is 2.49. The number of halogens is 3. The highest BCUT2D eigenvalue weighted by molar-refractivity contribution is 5.91. The Bertz CT molecular complexity index is 584. The predicted molar refractivity (Wildman–Crippen MR) is 81.1 cm³/mol. The third-order valence-electron chi connectivity index (χ3n) is 3.80. The van der Waals surface area contributed by atoms with Gasteiger partial charge in [-0.25, -0.2) is 0 Å². The highest BCUT2D eigenvalue weighted by Gasteiger charge is 2.38. The Morgan fingerprint density at radius 1 is 1.17 bits per heavy atom. The summed E-state index contributed by atoms with van der Waals surface area (Å²) in [5.41, 5.74) is 0.812. The van der Waals surface area contributed by atoms with E-state index in [-0.39, 0.29) is 18.4 Å². The predicted octanol–water partition coefficient (Wildman–Crippen LogP) is 2.62. The lowest BCUT2D eigenvalue weighted by atomic mass is 9.96. The number of benzene rings is 1. The summed E-state index contributed by atoms with van der Waals surface area (Å²) in [6, 6.07) is 6.44. The van der Waals surface area contributed by atoms with E-state index < -0.39 is 12.1 Å². The first-order valence-corrected chi connectivity index (χ1v) is 7.67. The van der Waals surface area contributed by atoms with Gasteiger partial charge >= 0.3 is 12.1 Å². The van der Waals surface area contributed by atoms with Crippen LogP contribution in [0.25, 0.3) is 0 Å². The molecule has 8 heteroatoms. The van der Waals surface area contributed by atoms with Crippen molar-refractivity contribution in [2.75, 3.05) is 18.5 Å². The molecule has 1 saturated heterocycles. The Balaban J connectivity index is 1.92. The Labute approximate surface area is 137 Å². The van der Waals surface area contributed by atoms with E-state index in [4.69, 9.17) is 4.74 Å². The molecule has 0 aliphatic carbocycles.